The fourth-order valence-corrected chi connectivity index (χ4v) is 3.93. The Morgan fingerprint density at radius 2 is 1.97 bits per heavy atom. The van der Waals surface area contributed by atoms with Crippen LogP contribution in [0, 0.1) is 5.82 Å². The highest BCUT2D eigenvalue weighted by Gasteiger charge is 2.33. The van der Waals surface area contributed by atoms with Crippen LogP contribution >= 0.6 is 11.6 Å². The van der Waals surface area contributed by atoms with Crippen LogP contribution in [0.5, 0.6) is 17.4 Å². The Kier molecular flexibility index (Phi) is 7.41. The Labute approximate surface area is 208 Å². The number of ether oxygens (including phenoxy) is 3. The minimum atomic E-state index is -4.68. The highest BCUT2D eigenvalue weighted by molar-refractivity contribution is 6.31. The van der Waals surface area contributed by atoms with E-state index in [1.165, 1.54) is 22.8 Å². The molecule has 1 atom stereocenters. The number of hydrogen-bond donors (Lipinski definition) is 0. The summed E-state index contributed by atoms with van der Waals surface area (Å²) >= 11 is 5.60. The Morgan fingerprint density at radius 1 is 1.19 bits per heavy atom. The van der Waals surface area contributed by atoms with Crippen LogP contribution in [-0.2, 0) is 24.6 Å². The van der Waals surface area contributed by atoms with E-state index in [4.69, 9.17) is 25.8 Å². The van der Waals surface area contributed by atoms with Gasteiger partial charge in [0.15, 0.2) is 11.6 Å². The van der Waals surface area contributed by atoms with E-state index in [1.807, 2.05) is 11.8 Å². The van der Waals surface area contributed by atoms with Gasteiger partial charge in [0.25, 0.3) is 0 Å². The van der Waals surface area contributed by atoms with Crippen LogP contribution in [0.2, 0.25) is 5.02 Å². The van der Waals surface area contributed by atoms with Gasteiger partial charge < -0.3 is 19.1 Å². The number of nitrogens with zero attached hydrogens (tertiary/aromatic N) is 3. The summed E-state index contributed by atoms with van der Waals surface area (Å²) in [5.74, 6) is -0.599. The van der Waals surface area contributed by atoms with Crippen LogP contribution in [0.4, 0.5) is 23.4 Å². The number of alkyl halides is 3. The summed E-state index contributed by atoms with van der Waals surface area (Å²) in [5.41, 5.74) is -1.19. The van der Waals surface area contributed by atoms with Gasteiger partial charge in [0.05, 0.1) is 29.8 Å². The number of anilines is 1. The second-order valence-electron chi connectivity index (χ2n) is 8.21. The lowest BCUT2D eigenvalue weighted by Gasteiger charge is -2.35. The quantitative estimate of drug-likeness (QED) is 0.411. The van der Waals surface area contributed by atoms with Gasteiger partial charge in [-0.2, -0.15) is 18.2 Å². The average molecular weight is 528 g/mol. The van der Waals surface area contributed by atoms with Crippen LogP contribution in [0.3, 0.4) is 0 Å². The summed E-state index contributed by atoms with van der Waals surface area (Å²) in [6.45, 7) is 3.52. The molecular weight excluding hydrogens is 506 g/mol. The van der Waals surface area contributed by atoms with Crippen molar-refractivity contribution < 1.29 is 31.8 Å². The third-order valence-corrected chi connectivity index (χ3v) is 5.93. The molecule has 0 aliphatic carbocycles. The predicted molar refractivity (Wildman–Crippen MR) is 124 cm³/mol. The zero-order valence-corrected chi connectivity index (χ0v) is 20.1. The van der Waals surface area contributed by atoms with Gasteiger partial charge in [0, 0.05) is 19.7 Å². The van der Waals surface area contributed by atoms with Crippen molar-refractivity contribution in [2.45, 2.75) is 25.7 Å². The molecule has 0 saturated carbocycles. The van der Waals surface area contributed by atoms with E-state index >= 15 is 0 Å². The van der Waals surface area contributed by atoms with Crippen molar-refractivity contribution in [2.75, 3.05) is 24.7 Å². The molecule has 1 saturated heterocycles. The second kappa shape index (κ2) is 10.4. The number of benzene rings is 2. The summed E-state index contributed by atoms with van der Waals surface area (Å²) in [4.78, 5) is 18.3. The zero-order chi connectivity index (χ0) is 26.0. The first-order valence-corrected chi connectivity index (χ1v) is 11.3. The fraction of sp³-hybridized carbons (Fsp3) is 0.333. The molecule has 0 spiro atoms. The molecule has 0 unspecified atom stereocenters. The van der Waals surface area contributed by atoms with Crippen molar-refractivity contribution in [3.05, 3.63) is 74.9 Å². The minimum absolute atomic E-state index is 0.0501. The maximum Gasteiger partial charge on any atom is 0.417 e. The maximum atomic E-state index is 14.6. The van der Waals surface area contributed by atoms with Crippen LogP contribution in [-0.4, -0.2) is 35.4 Å². The molecule has 1 aliphatic rings. The van der Waals surface area contributed by atoms with Gasteiger partial charge in [0.2, 0.25) is 5.88 Å². The van der Waals surface area contributed by atoms with Gasteiger partial charge >= 0.3 is 11.9 Å². The molecule has 3 aromatic rings. The number of morpholine rings is 1. The average Bonchev–Trinajstić information content (AvgIpc) is 2.82. The largest absolute Gasteiger partial charge is 0.473 e. The summed E-state index contributed by atoms with van der Waals surface area (Å²) < 4.78 is 71.6. The van der Waals surface area contributed by atoms with Crippen molar-refractivity contribution in [3.63, 3.8) is 0 Å². The summed E-state index contributed by atoms with van der Waals surface area (Å²) in [7, 11) is 1.61. The van der Waals surface area contributed by atoms with Crippen LogP contribution in [0.15, 0.2) is 47.3 Å². The molecule has 1 aromatic heterocycles. The molecule has 36 heavy (non-hydrogen) atoms. The molecule has 0 N–H and O–H groups in total. The molecule has 2 aromatic carbocycles. The van der Waals surface area contributed by atoms with E-state index in [2.05, 4.69) is 4.98 Å². The van der Waals surface area contributed by atoms with Crippen molar-refractivity contribution in [1.29, 1.82) is 0 Å². The summed E-state index contributed by atoms with van der Waals surface area (Å²) in [6.07, 6.45) is -4.68. The normalized spacial score (nSPS) is 16.2. The lowest BCUT2D eigenvalue weighted by atomic mass is 10.2. The first-order valence-electron chi connectivity index (χ1n) is 10.9. The van der Waals surface area contributed by atoms with Gasteiger partial charge in [-0.05, 0) is 42.8 Å². The van der Waals surface area contributed by atoms with Gasteiger partial charge in [-0.1, -0.05) is 17.7 Å². The van der Waals surface area contributed by atoms with Crippen molar-refractivity contribution in [2.24, 2.45) is 7.05 Å². The van der Waals surface area contributed by atoms with Crippen LogP contribution in [0.25, 0.3) is 0 Å². The first kappa shape index (κ1) is 25.8. The molecule has 192 valence electrons. The Bertz CT molecular complexity index is 1320. The lowest BCUT2D eigenvalue weighted by Crippen LogP contribution is -2.46. The van der Waals surface area contributed by atoms with E-state index < -0.39 is 28.3 Å². The first-order chi connectivity index (χ1) is 17.0. The number of aromatic nitrogens is 2. The van der Waals surface area contributed by atoms with Gasteiger partial charge in [0.1, 0.15) is 18.2 Å². The Hall–Kier alpha value is -3.31. The smallest absolute Gasteiger partial charge is 0.417 e. The minimum Gasteiger partial charge on any atom is -0.473 e. The third kappa shape index (κ3) is 5.73. The molecule has 1 aliphatic heterocycles. The fourth-order valence-electron chi connectivity index (χ4n) is 3.71. The standard InChI is InChI=1S/C24H22ClF4N3O4/c1-14-12-34-8-7-32(14)22-11-21(30-23(33)31(22)2)35-13-15-3-6-20(19(26)9-15)36-16-4-5-18(25)17(10-16)24(27,28)29/h3-6,9-11,14H,7-8,12-13H2,1-2H3/t14-/m0/s1. The highest BCUT2D eigenvalue weighted by atomic mass is 35.5. The van der Waals surface area contributed by atoms with Crippen molar-refractivity contribution in [1.82, 2.24) is 9.55 Å². The number of rotatable bonds is 6. The lowest BCUT2D eigenvalue weighted by molar-refractivity contribution is -0.137. The summed E-state index contributed by atoms with van der Waals surface area (Å²) in [5, 5.41) is -0.488. The second-order valence-corrected chi connectivity index (χ2v) is 8.61. The van der Waals surface area contributed by atoms with Crippen molar-refractivity contribution >= 4 is 17.4 Å². The van der Waals surface area contributed by atoms with E-state index in [-0.39, 0.29) is 30.0 Å². The number of hydrogen-bond acceptors (Lipinski definition) is 6. The SMILES string of the molecule is C[C@H]1COCCN1c1cc(OCc2ccc(Oc3ccc(Cl)c(C(F)(F)F)c3)c(F)c2)nc(=O)n1C. The predicted octanol–water partition coefficient (Wildman–Crippen LogP) is 5.19. The molecular formula is C24H22ClF4N3O4. The van der Waals surface area contributed by atoms with Crippen LogP contribution < -0.4 is 20.1 Å². The van der Waals surface area contributed by atoms with E-state index in [9.17, 15) is 22.4 Å². The van der Waals surface area contributed by atoms with Crippen molar-refractivity contribution in [3.8, 4) is 17.4 Å². The van der Waals surface area contributed by atoms with Gasteiger partial charge in [-0.15, -0.1) is 0 Å². The molecule has 1 fully saturated rings. The molecule has 7 nitrogen and oxygen atoms in total. The molecule has 0 radical (unpaired) electrons. The van der Waals surface area contributed by atoms with Gasteiger partial charge in [-0.25, -0.2) is 9.18 Å². The molecule has 2 heterocycles. The monoisotopic (exact) mass is 527 g/mol. The third-order valence-electron chi connectivity index (χ3n) is 5.60. The van der Waals surface area contributed by atoms with E-state index in [0.29, 0.717) is 37.2 Å². The topological polar surface area (TPSA) is 65.8 Å². The molecule has 0 amide bonds. The van der Waals surface area contributed by atoms with E-state index in [0.717, 1.165) is 12.1 Å². The van der Waals surface area contributed by atoms with E-state index in [1.54, 1.807) is 13.1 Å². The molecule has 12 heteroatoms. The Morgan fingerprint density at radius 3 is 2.67 bits per heavy atom. The zero-order valence-electron chi connectivity index (χ0n) is 19.3. The highest BCUT2D eigenvalue weighted by Crippen LogP contribution is 2.38. The van der Waals surface area contributed by atoms with Gasteiger partial charge in [-0.3, -0.25) is 4.57 Å². The maximum absolute atomic E-state index is 14.6. The molecule has 4 rings (SSSR count). The summed E-state index contributed by atoms with van der Waals surface area (Å²) in [6, 6.07) is 8.52. The van der Waals surface area contributed by atoms with Crippen LogP contribution in [0.1, 0.15) is 18.1 Å². The molecule has 0 bridgehead atoms. The number of halogens is 5. The Balaban J connectivity index is 1.48.